The van der Waals surface area contributed by atoms with Crippen molar-refractivity contribution in [1.29, 1.82) is 0 Å². The Balaban J connectivity index is 2.35. The molecule has 0 aliphatic carbocycles. The molecule has 1 aromatic carbocycles. The normalized spacial score (nSPS) is 10.5. The molecule has 0 amide bonds. The van der Waals surface area contributed by atoms with Crippen molar-refractivity contribution < 1.29 is 19.0 Å². The molecule has 0 N–H and O–H groups in total. The van der Waals surface area contributed by atoms with Crippen LogP contribution in [0.25, 0.3) is 0 Å². The van der Waals surface area contributed by atoms with E-state index in [-0.39, 0.29) is 0 Å². The Morgan fingerprint density at radius 1 is 1.11 bits per heavy atom. The average molecular weight is 396 g/mol. The number of ether oxygens (including phenoxy) is 3. The monoisotopic (exact) mass is 394 g/mol. The van der Waals surface area contributed by atoms with Gasteiger partial charge in [-0.05, 0) is 50.4 Å². The van der Waals surface area contributed by atoms with Gasteiger partial charge in [0, 0.05) is 25.9 Å². The van der Waals surface area contributed by atoms with Gasteiger partial charge >= 0.3 is 0 Å². The van der Waals surface area contributed by atoms with Crippen LogP contribution in [-0.2, 0) is 9.47 Å². The second-order valence-corrected chi connectivity index (χ2v) is 5.45. The molecule has 0 fully saturated rings. The molecule has 4 nitrogen and oxygen atoms in total. The Kier molecular flexibility index (Phi) is 8.29. The smallest absolute Gasteiger partial charge is 0.150 e. The Morgan fingerprint density at radius 3 is 2.37 bits per heavy atom. The first-order chi connectivity index (χ1) is 9.19. The summed E-state index contributed by atoms with van der Waals surface area (Å²) in [4.78, 5) is 10.7. The summed E-state index contributed by atoms with van der Waals surface area (Å²) in [5, 5.41) is 0. The fourth-order valence-electron chi connectivity index (χ4n) is 1.40. The van der Waals surface area contributed by atoms with Crippen LogP contribution in [0.3, 0.4) is 0 Å². The molecule has 106 valence electrons. The number of halogens is 2. The lowest BCUT2D eigenvalue weighted by atomic mass is 10.2. The average Bonchev–Trinajstić information content (AvgIpc) is 2.40. The number of rotatable bonds is 9. The summed E-state index contributed by atoms with van der Waals surface area (Å²) in [6, 6.07) is 3.43. The van der Waals surface area contributed by atoms with Crippen LogP contribution in [0.15, 0.2) is 21.1 Å². The third-order valence-corrected chi connectivity index (χ3v) is 3.45. The van der Waals surface area contributed by atoms with E-state index in [1.54, 1.807) is 19.2 Å². The van der Waals surface area contributed by atoms with Gasteiger partial charge in [0.05, 0.1) is 15.6 Å². The molecule has 0 heterocycles. The maximum absolute atomic E-state index is 10.7. The minimum atomic E-state index is 0.449. The number of carbonyl (C=O) groups excluding carboxylic acids is 1. The first-order valence-corrected chi connectivity index (χ1v) is 7.41. The Labute approximate surface area is 129 Å². The quantitative estimate of drug-likeness (QED) is 0.474. The molecule has 0 radical (unpaired) electrons. The van der Waals surface area contributed by atoms with E-state index >= 15 is 0 Å². The highest BCUT2D eigenvalue weighted by Gasteiger charge is 2.08. The molecule has 1 rings (SSSR count). The molecule has 0 aromatic heterocycles. The molecule has 0 spiro atoms. The summed E-state index contributed by atoms with van der Waals surface area (Å²) < 4.78 is 17.4. The van der Waals surface area contributed by atoms with Crippen LogP contribution in [0.4, 0.5) is 0 Å². The second-order valence-electron chi connectivity index (χ2n) is 3.74. The number of aldehydes is 1. The molecule has 0 atom stereocenters. The van der Waals surface area contributed by atoms with Crippen LogP contribution in [0.2, 0.25) is 0 Å². The Bertz CT molecular complexity index is 387. The Hall–Kier alpha value is -0.430. The third kappa shape index (κ3) is 6.03. The molecule has 1 aromatic rings. The first-order valence-electron chi connectivity index (χ1n) is 5.82. The van der Waals surface area contributed by atoms with E-state index < -0.39 is 0 Å². The summed E-state index contributed by atoms with van der Waals surface area (Å²) in [5.41, 5.74) is 0.585. The summed E-state index contributed by atoms with van der Waals surface area (Å²) in [5.74, 6) is 0.672. The van der Waals surface area contributed by atoms with Crippen molar-refractivity contribution in [1.82, 2.24) is 0 Å². The van der Waals surface area contributed by atoms with Crippen LogP contribution >= 0.6 is 31.9 Å². The van der Waals surface area contributed by atoms with Crippen molar-refractivity contribution in [2.24, 2.45) is 0 Å². The van der Waals surface area contributed by atoms with Gasteiger partial charge < -0.3 is 14.2 Å². The maximum atomic E-state index is 10.7. The van der Waals surface area contributed by atoms with E-state index in [1.807, 2.05) is 0 Å². The van der Waals surface area contributed by atoms with Gasteiger partial charge in [-0.1, -0.05) is 0 Å². The van der Waals surface area contributed by atoms with E-state index in [0.29, 0.717) is 37.7 Å². The van der Waals surface area contributed by atoms with Crippen LogP contribution < -0.4 is 4.74 Å². The van der Waals surface area contributed by atoms with Crippen molar-refractivity contribution in [2.45, 2.75) is 6.42 Å². The number of hydrogen-bond acceptors (Lipinski definition) is 4. The van der Waals surface area contributed by atoms with E-state index in [9.17, 15) is 4.79 Å². The summed E-state index contributed by atoms with van der Waals surface area (Å²) >= 11 is 6.74. The lowest BCUT2D eigenvalue weighted by Gasteiger charge is -2.11. The Morgan fingerprint density at radius 2 is 1.79 bits per heavy atom. The SMILES string of the molecule is COCCCOCCOc1c(Br)cc(C=O)cc1Br. The van der Waals surface area contributed by atoms with Crippen LogP contribution in [0.1, 0.15) is 16.8 Å². The lowest BCUT2D eigenvalue weighted by Crippen LogP contribution is -2.09. The molecule has 19 heavy (non-hydrogen) atoms. The molecule has 0 aliphatic rings. The second kappa shape index (κ2) is 9.47. The number of carbonyl (C=O) groups is 1. The minimum absolute atomic E-state index is 0.449. The lowest BCUT2D eigenvalue weighted by molar-refractivity contribution is 0.0803. The molecule has 0 saturated carbocycles. The van der Waals surface area contributed by atoms with Crippen LogP contribution in [0, 0.1) is 0 Å². The molecule has 0 aliphatic heterocycles. The molecular formula is C13H16Br2O4. The molecular weight excluding hydrogens is 380 g/mol. The predicted molar refractivity (Wildman–Crippen MR) is 80.0 cm³/mol. The van der Waals surface area contributed by atoms with Gasteiger partial charge in [0.15, 0.2) is 0 Å². The maximum Gasteiger partial charge on any atom is 0.150 e. The van der Waals surface area contributed by atoms with Crippen LogP contribution in [-0.4, -0.2) is 39.8 Å². The molecule has 6 heteroatoms. The predicted octanol–water partition coefficient (Wildman–Crippen LogP) is 3.46. The zero-order valence-electron chi connectivity index (χ0n) is 10.7. The fourth-order valence-corrected chi connectivity index (χ4v) is 2.85. The molecule has 0 bridgehead atoms. The topological polar surface area (TPSA) is 44.8 Å². The molecule has 0 unspecified atom stereocenters. The van der Waals surface area contributed by atoms with Gasteiger partial charge in [-0.3, -0.25) is 4.79 Å². The summed E-state index contributed by atoms with van der Waals surface area (Å²) in [6.07, 6.45) is 1.66. The van der Waals surface area contributed by atoms with E-state index in [0.717, 1.165) is 21.7 Å². The third-order valence-electron chi connectivity index (χ3n) is 2.27. The highest BCUT2D eigenvalue weighted by atomic mass is 79.9. The van der Waals surface area contributed by atoms with Crippen LogP contribution in [0.5, 0.6) is 5.75 Å². The number of methoxy groups -OCH3 is 1. The van der Waals surface area contributed by atoms with Crippen molar-refractivity contribution in [3.63, 3.8) is 0 Å². The first kappa shape index (κ1) is 16.6. The summed E-state index contributed by atoms with van der Waals surface area (Å²) in [6.45, 7) is 2.32. The van der Waals surface area contributed by atoms with Gasteiger partial charge in [-0.15, -0.1) is 0 Å². The van der Waals surface area contributed by atoms with Gasteiger partial charge in [0.1, 0.15) is 18.6 Å². The van der Waals surface area contributed by atoms with E-state index in [2.05, 4.69) is 31.9 Å². The number of benzene rings is 1. The zero-order valence-corrected chi connectivity index (χ0v) is 13.8. The summed E-state index contributed by atoms with van der Waals surface area (Å²) in [7, 11) is 1.67. The highest BCUT2D eigenvalue weighted by molar-refractivity contribution is 9.11. The van der Waals surface area contributed by atoms with Crippen molar-refractivity contribution >= 4 is 38.1 Å². The van der Waals surface area contributed by atoms with E-state index in [1.165, 1.54) is 0 Å². The van der Waals surface area contributed by atoms with Gasteiger partial charge in [-0.2, -0.15) is 0 Å². The van der Waals surface area contributed by atoms with Crippen molar-refractivity contribution in [3.05, 3.63) is 26.6 Å². The van der Waals surface area contributed by atoms with Gasteiger partial charge in [0.25, 0.3) is 0 Å². The van der Waals surface area contributed by atoms with E-state index in [4.69, 9.17) is 14.2 Å². The highest BCUT2D eigenvalue weighted by Crippen LogP contribution is 2.34. The number of hydrogen-bond donors (Lipinski definition) is 0. The van der Waals surface area contributed by atoms with Gasteiger partial charge in [-0.25, -0.2) is 0 Å². The minimum Gasteiger partial charge on any atom is -0.489 e. The zero-order chi connectivity index (χ0) is 14.1. The standard InChI is InChI=1S/C13H16Br2O4/c1-17-3-2-4-18-5-6-19-13-11(14)7-10(9-16)8-12(13)15/h7-9H,2-6H2,1H3. The fraction of sp³-hybridized carbons (Fsp3) is 0.462. The van der Waals surface area contributed by atoms with Gasteiger partial charge in [0.2, 0.25) is 0 Å². The van der Waals surface area contributed by atoms with Crippen molar-refractivity contribution in [3.8, 4) is 5.75 Å². The largest absolute Gasteiger partial charge is 0.489 e. The van der Waals surface area contributed by atoms with Crippen molar-refractivity contribution in [2.75, 3.05) is 33.5 Å². The molecule has 0 saturated heterocycles.